The minimum atomic E-state index is -0.719. The molecule has 9 heteroatoms. The highest BCUT2D eigenvalue weighted by Gasteiger charge is 2.38. The molecule has 35 heavy (non-hydrogen) atoms. The van der Waals surface area contributed by atoms with E-state index in [1.807, 2.05) is 6.07 Å². The summed E-state index contributed by atoms with van der Waals surface area (Å²) >= 11 is 0. The van der Waals surface area contributed by atoms with Crippen molar-refractivity contribution in [2.45, 2.75) is 12.3 Å². The summed E-state index contributed by atoms with van der Waals surface area (Å²) in [6.07, 6.45) is -0.117. The van der Waals surface area contributed by atoms with E-state index in [1.54, 1.807) is 36.4 Å². The van der Waals surface area contributed by atoms with E-state index in [0.29, 0.717) is 28.4 Å². The van der Waals surface area contributed by atoms with Crippen molar-refractivity contribution in [2.75, 3.05) is 13.9 Å². The Labute approximate surface area is 197 Å². The Morgan fingerprint density at radius 3 is 2.54 bits per heavy atom. The van der Waals surface area contributed by atoms with Crippen LogP contribution in [0.2, 0.25) is 0 Å². The lowest BCUT2D eigenvalue weighted by molar-refractivity contribution is -0.135. The Bertz CT molecular complexity index is 1570. The van der Waals surface area contributed by atoms with E-state index in [4.69, 9.17) is 23.4 Å². The first-order chi connectivity index (χ1) is 17.0. The molecule has 3 heterocycles. The maximum Gasteiger partial charge on any atom is 0.312 e. The van der Waals surface area contributed by atoms with Crippen LogP contribution in [0.25, 0.3) is 22.3 Å². The van der Waals surface area contributed by atoms with Crippen molar-refractivity contribution in [1.29, 1.82) is 0 Å². The summed E-state index contributed by atoms with van der Waals surface area (Å²) in [6.45, 7) is 0.0192. The fourth-order valence-electron chi connectivity index (χ4n) is 4.59. The molecule has 0 spiro atoms. The summed E-state index contributed by atoms with van der Waals surface area (Å²) in [5.41, 5.74) is 0.936. The Morgan fingerprint density at radius 1 is 0.971 bits per heavy atom. The van der Waals surface area contributed by atoms with Gasteiger partial charge in [0.15, 0.2) is 28.4 Å². The molecule has 2 aliphatic heterocycles. The van der Waals surface area contributed by atoms with Crippen molar-refractivity contribution in [3.05, 3.63) is 69.9 Å². The maximum absolute atomic E-state index is 13.1. The van der Waals surface area contributed by atoms with Crippen LogP contribution in [0.4, 0.5) is 0 Å². The first-order valence-electron chi connectivity index (χ1n) is 10.8. The first kappa shape index (κ1) is 20.9. The molecule has 0 amide bonds. The van der Waals surface area contributed by atoms with Gasteiger partial charge in [-0.25, -0.2) is 0 Å². The molecule has 0 saturated carbocycles. The lowest BCUT2D eigenvalue weighted by Crippen LogP contribution is -2.22. The Kier molecular flexibility index (Phi) is 4.60. The topological polar surface area (TPSA) is 125 Å². The third-order valence-electron chi connectivity index (χ3n) is 6.19. The molecule has 3 aromatic carbocycles. The minimum absolute atomic E-state index is 0.00999. The van der Waals surface area contributed by atoms with Gasteiger partial charge >= 0.3 is 5.97 Å². The molecule has 0 unspecified atom stereocenters. The van der Waals surface area contributed by atoms with Crippen LogP contribution in [0.1, 0.15) is 23.5 Å². The third kappa shape index (κ3) is 3.16. The van der Waals surface area contributed by atoms with Gasteiger partial charge in [0.1, 0.15) is 16.7 Å². The fourth-order valence-corrected chi connectivity index (χ4v) is 4.59. The van der Waals surface area contributed by atoms with Crippen LogP contribution in [-0.4, -0.2) is 30.1 Å². The first-order valence-corrected chi connectivity index (χ1v) is 10.8. The summed E-state index contributed by atoms with van der Waals surface area (Å²) in [6, 6.07) is 13.6. The lowest BCUT2D eigenvalue weighted by atomic mass is 9.84. The van der Waals surface area contributed by atoms with Crippen molar-refractivity contribution in [3.63, 3.8) is 0 Å². The number of hydrogen-bond donors (Lipinski definition) is 2. The molecule has 1 atom stereocenters. The number of methoxy groups -OCH3 is 1. The summed E-state index contributed by atoms with van der Waals surface area (Å²) in [4.78, 5) is 25.7. The zero-order chi connectivity index (χ0) is 24.3. The van der Waals surface area contributed by atoms with Gasteiger partial charge in [-0.2, -0.15) is 0 Å². The third-order valence-corrected chi connectivity index (χ3v) is 6.19. The highest BCUT2D eigenvalue weighted by molar-refractivity contribution is 5.96. The van der Waals surface area contributed by atoms with Crippen LogP contribution >= 0.6 is 0 Å². The van der Waals surface area contributed by atoms with Crippen LogP contribution in [0, 0.1) is 0 Å². The van der Waals surface area contributed by atoms with Gasteiger partial charge in [0.25, 0.3) is 0 Å². The average Bonchev–Trinajstić information content (AvgIpc) is 3.35. The monoisotopic (exact) mass is 474 g/mol. The number of phenols is 2. The van der Waals surface area contributed by atoms with Gasteiger partial charge < -0.3 is 33.6 Å². The zero-order valence-electron chi connectivity index (χ0n) is 18.4. The van der Waals surface area contributed by atoms with Crippen molar-refractivity contribution in [2.24, 2.45) is 0 Å². The maximum atomic E-state index is 13.1. The van der Waals surface area contributed by atoms with Gasteiger partial charge in [-0.05, 0) is 17.7 Å². The van der Waals surface area contributed by atoms with Crippen LogP contribution in [0.15, 0.2) is 57.7 Å². The minimum Gasteiger partial charge on any atom is -0.504 e. The molecular weight excluding hydrogens is 456 g/mol. The number of ether oxygens (including phenoxy) is 4. The van der Waals surface area contributed by atoms with E-state index in [1.165, 1.54) is 13.2 Å². The summed E-state index contributed by atoms with van der Waals surface area (Å²) in [5, 5.41) is 21.2. The summed E-state index contributed by atoms with van der Waals surface area (Å²) in [7, 11) is 1.48. The summed E-state index contributed by atoms with van der Waals surface area (Å²) < 4.78 is 27.9. The largest absolute Gasteiger partial charge is 0.504 e. The van der Waals surface area contributed by atoms with Crippen LogP contribution in [0.3, 0.4) is 0 Å². The van der Waals surface area contributed by atoms with Gasteiger partial charge in [0.05, 0.1) is 19.1 Å². The molecule has 6 rings (SSSR count). The van der Waals surface area contributed by atoms with Gasteiger partial charge in [0, 0.05) is 17.5 Å². The van der Waals surface area contributed by atoms with Crippen molar-refractivity contribution < 1.29 is 38.4 Å². The van der Waals surface area contributed by atoms with Crippen molar-refractivity contribution in [1.82, 2.24) is 0 Å². The number of carbonyl (C=O) groups excluding carboxylic acids is 1. The van der Waals surface area contributed by atoms with Gasteiger partial charge in [-0.3, -0.25) is 9.59 Å². The lowest BCUT2D eigenvalue weighted by Gasteiger charge is -2.27. The van der Waals surface area contributed by atoms with Gasteiger partial charge in [-0.1, -0.05) is 30.3 Å². The molecule has 0 aliphatic carbocycles. The second-order valence-electron chi connectivity index (χ2n) is 8.17. The molecule has 0 radical (unpaired) electrons. The fraction of sp³-hybridized carbons (Fsp3) is 0.154. The molecular formula is C26H18O9. The smallest absolute Gasteiger partial charge is 0.312 e. The predicted molar refractivity (Wildman–Crippen MR) is 122 cm³/mol. The number of hydrogen-bond acceptors (Lipinski definition) is 9. The van der Waals surface area contributed by atoms with Crippen LogP contribution in [0.5, 0.6) is 34.5 Å². The Hall–Kier alpha value is -4.66. The zero-order valence-corrected chi connectivity index (χ0v) is 18.4. The SMILES string of the molecule is COc1cc([C@H]2CC(=O)Oc3c(O)c(O)c4c(=O)cc(-c5ccccc5)oc4c32)cc2c1OCO2. The van der Waals surface area contributed by atoms with Crippen molar-refractivity contribution >= 4 is 16.9 Å². The molecule has 1 aromatic heterocycles. The number of rotatable bonds is 3. The molecule has 9 nitrogen and oxygen atoms in total. The average molecular weight is 474 g/mol. The molecule has 176 valence electrons. The molecule has 0 fully saturated rings. The second kappa shape index (κ2) is 7.69. The van der Waals surface area contributed by atoms with Gasteiger partial charge in [-0.15, -0.1) is 0 Å². The number of aromatic hydroxyl groups is 2. The molecule has 0 bridgehead atoms. The highest BCUT2D eigenvalue weighted by atomic mass is 16.7. The number of phenolic OH excluding ortho intramolecular Hbond substituents is 2. The molecule has 2 aliphatic rings. The number of esters is 1. The Morgan fingerprint density at radius 2 is 1.77 bits per heavy atom. The van der Waals surface area contributed by atoms with Crippen LogP contribution < -0.4 is 24.4 Å². The second-order valence-corrected chi connectivity index (χ2v) is 8.17. The van der Waals surface area contributed by atoms with E-state index in [0.717, 1.165) is 0 Å². The Balaban J connectivity index is 1.67. The standard InChI is InChI=1S/C26H18O9/c1-31-17-7-13(8-18-24(17)33-11-32-18)14-9-19(28)35-26-20(14)25-21(22(29)23(26)30)15(27)10-16(34-25)12-5-3-2-4-6-12/h2-8,10,14,29-30H,9,11H2,1H3/t14-/m1/s1. The van der Waals surface area contributed by atoms with E-state index >= 15 is 0 Å². The summed E-state index contributed by atoms with van der Waals surface area (Å²) in [5.74, 6) is -1.51. The van der Waals surface area contributed by atoms with Crippen molar-refractivity contribution in [3.8, 4) is 45.8 Å². The molecule has 0 saturated heterocycles. The van der Waals surface area contributed by atoms with E-state index in [9.17, 15) is 19.8 Å². The quantitative estimate of drug-likeness (QED) is 0.257. The van der Waals surface area contributed by atoms with E-state index < -0.39 is 28.8 Å². The van der Waals surface area contributed by atoms with Crippen LogP contribution in [-0.2, 0) is 4.79 Å². The van der Waals surface area contributed by atoms with E-state index in [2.05, 4.69) is 0 Å². The highest BCUT2D eigenvalue weighted by Crippen LogP contribution is 2.53. The normalized spacial score (nSPS) is 16.1. The van der Waals surface area contributed by atoms with Gasteiger partial charge in [0.2, 0.25) is 18.3 Å². The number of carbonyl (C=O) groups is 1. The molecule has 2 N–H and O–H groups in total. The predicted octanol–water partition coefficient (Wildman–Crippen LogP) is 4.05. The number of benzene rings is 3. The molecule has 4 aromatic rings. The number of fused-ring (bicyclic) bond motifs is 4. The van der Waals surface area contributed by atoms with E-state index in [-0.39, 0.29) is 41.3 Å².